The van der Waals surface area contributed by atoms with Gasteiger partial charge in [-0.15, -0.1) is 0 Å². The summed E-state index contributed by atoms with van der Waals surface area (Å²) < 4.78 is 5.24. The van der Waals surface area contributed by atoms with Crippen molar-refractivity contribution in [2.24, 2.45) is 5.92 Å². The van der Waals surface area contributed by atoms with Gasteiger partial charge in [0, 0.05) is 19.5 Å². The molecule has 0 saturated carbocycles. The average molecular weight is 229 g/mol. The number of carbonyl (C=O) groups is 1. The first-order valence-electron chi connectivity index (χ1n) is 5.79. The average Bonchev–Trinajstić information content (AvgIpc) is 2.31. The van der Waals surface area contributed by atoms with Gasteiger partial charge in [-0.1, -0.05) is 0 Å². The fraction of sp³-hybridized carbons (Fsp3) is 0.909. The number of thioether (sulfide) groups is 1. The minimum atomic E-state index is 0.339. The molecular formula is C11H19NO2S. The van der Waals surface area contributed by atoms with Crippen LogP contribution in [0.4, 0.5) is 0 Å². The molecule has 3 nitrogen and oxygen atoms in total. The predicted octanol–water partition coefficient (Wildman–Crippen LogP) is 1.38. The van der Waals surface area contributed by atoms with E-state index in [4.69, 9.17) is 4.74 Å². The fourth-order valence-corrected chi connectivity index (χ4v) is 3.31. The van der Waals surface area contributed by atoms with Crippen molar-refractivity contribution in [2.75, 3.05) is 37.8 Å². The van der Waals surface area contributed by atoms with Crippen molar-refractivity contribution < 1.29 is 9.53 Å². The van der Waals surface area contributed by atoms with E-state index in [-0.39, 0.29) is 0 Å². The van der Waals surface area contributed by atoms with Gasteiger partial charge in [0.25, 0.3) is 0 Å². The van der Waals surface area contributed by atoms with Crippen molar-refractivity contribution in [3.63, 3.8) is 0 Å². The highest BCUT2D eigenvalue weighted by Gasteiger charge is 2.22. The molecule has 0 spiro atoms. The molecule has 0 aliphatic carbocycles. The molecule has 2 heterocycles. The van der Waals surface area contributed by atoms with Crippen molar-refractivity contribution in [3.05, 3.63) is 0 Å². The zero-order chi connectivity index (χ0) is 10.5. The summed E-state index contributed by atoms with van der Waals surface area (Å²) in [6.45, 7) is 3.01. The van der Waals surface area contributed by atoms with Crippen molar-refractivity contribution in [2.45, 2.75) is 19.3 Å². The van der Waals surface area contributed by atoms with Crippen LogP contribution in [0.1, 0.15) is 19.3 Å². The molecule has 2 aliphatic heterocycles. The molecule has 0 aromatic rings. The Balaban J connectivity index is 1.74. The Hall–Kier alpha value is -0.220. The second kappa shape index (κ2) is 5.75. The molecule has 86 valence electrons. The lowest BCUT2D eigenvalue weighted by Gasteiger charge is -2.29. The number of rotatable bonds is 2. The molecule has 1 atom stereocenters. The van der Waals surface area contributed by atoms with Crippen LogP contribution in [0.3, 0.4) is 0 Å². The van der Waals surface area contributed by atoms with Crippen LogP contribution in [0.5, 0.6) is 0 Å². The molecule has 1 unspecified atom stereocenters. The van der Waals surface area contributed by atoms with Crippen molar-refractivity contribution >= 4 is 17.7 Å². The van der Waals surface area contributed by atoms with Crippen molar-refractivity contribution in [3.8, 4) is 0 Å². The minimum absolute atomic E-state index is 0.339. The smallest absolute Gasteiger partial charge is 0.223 e. The normalized spacial score (nSPS) is 27.7. The van der Waals surface area contributed by atoms with Crippen LogP contribution in [-0.2, 0) is 9.53 Å². The molecule has 4 heteroatoms. The SMILES string of the molecule is O=C(CC1CCCSC1)N1CCOCC1. The number of carbonyl (C=O) groups excluding carboxylic acids is 1. The van der Waals surface area contributed by atoms with Crippen LogP contribution in [0.25, 0.3) is 0 Å². The molecular weight excluding hydrogens is 210 g/mol. The van der Waals surface area contributed by atoms with Crippen LogP contribution in [-0.4, -0.2) is 48.6 Å². The highest BCUT2D eigenvalue weighted by molar-refractivity contribution is 7.99. The Bertz CT molecular complexity index is 211. The Kier molecular flexibility index (Phi) is 4.32. The summed E-state index contributed by atoms with van der Waals surface area (Å²) in [6.07, 6.45) is 3.28. The van der Waals surface area contributed by atoms with E-state index in [0.29, 0.717) is 25.0 Å². The molecule has 2 aliphatic rings. The van der Waals surface area contributed by atoms with Crippen LogP contribution in [0, 0.1) is 5.92 Å². The molecule has 0 N–H and O–H groups in total. The molecule has 0 bridgehead atoms. The standard InChI is InChI=1S/C11H19NO2S/c13-11(12-3-5-14-6-4-12)8-10-2-1-7-15-9-10/h10H,1-9H2. The summed E-state index contributed by atoms with van der Waals surface area (Å²) in [4.78, 5) is 13.9. The van der Waals surface area contributed by atoms with Gasteiger partial charge < -0.3 is 9.64 Å². The van der Waals surface area contributed by atoms with Crippen LogP contribution < -0.4 is 0 Å². The number of nitrogens with zero attached hydrogens (tertiary/aromatic N) is 1. The van der Waals surface area contributed by atoms with Gasteiger partial charge in [0.1, 0.15) is 0 Å². The Morgan fingerprint density at radius 1 is 1.40 bits per heavy atom. The van der Waals surface area contributed by atoms with Gasteiger partial charge >= 0.3 is 0 Å². The maximum atomic E-state index is 11.9. The lowest BCUT2D eigenvalue weighted by molar-refractivity contribution is -0.136. The first kappa shape index (κ1) is 11.3. The van der Waals surface area contributed by atoms with Gasteiger partial charge in [-0.2, -0.15) is 11.8 Å². The van der Waals surface area contributed by atoms with Crippen LogP contribution in [0.15, 0.2) is 0 Å². The van der Waals surface area contributed by atoms with Gasteiger partial charge in [0.15, 0.2) is 0 Å². The Labute approximate surface area is 95.5 Å². The van der Waals surface area contributed by atoms with Crippen molar-refractivity contribution in [1.29, 1.82) is 0 Å². The summed E-state index contributed by atoms with van der Waals surface area (Å²) in [5, 5.41) is 0. The number of amides is 1. The molecule has 0 aromatic carbocycles. The zero-order valence-corrected chi connectivity index (χ0v) is 9.93. The summed E-state index contributed by atoms with van der Waals surface area (Å²) >= 11 is 2.00. The van der Waals surface area contributed by atoms with Crippen LogP contribution in [0.2, 0.25) is 0 Å². The van der Waals surface area contributed by atoms with Gasteiger partial charge in [-0.25, -0.2) is 0 Å². The lowest BCUT2D eigenvalue weighted by atomic mass is 10.0. The quantitative estimate of drug-likeness (QED) is 0.716. The first-order valence-corrected chi connectivity index (χ1v) is 6.95. The molecule has 2 fully saturated rings. The Morgan fingerprint density at radius 2 is 2.20 bits per heavy atom. The summed E-state index contributed by atoms with van der Waals surface area (Å²) in [5.41, 5.74) is 0. The summed E-state index contributed by atoms with van der Waals surface area (Å²) in [7, 11) is 0. The van der Waals surface area contributed by atoms with Gasteiger partial charge in [-0.05, 0) is 30.3 Å². The van der Waals surface area contributed by atoms with E-state index in [1.165, 1.54) is 24.3 Å². The number of hydrogen-bond acceptors (Lipinski definition) is 3. The third-order valence-electron chi connectivity index (χ3n) is 3.08. The topological polar surface area (TPSA) is 29.5 Å². The minimum Gasteiger partial charge on any atom is -0.378 e. The number of hydrogen-bond donors (Lipinski definition) is 0. The van der Waals surface area contributed by atoms with E-state index in [2.05, 4.69) is 0 Å². The summed E-state index contributed by atoms with van der Waals surface area (Å²) in [5.74, 6) is 3.42. The highest BCUT2D eigenvalue weighted by atomic mass is 32.2. The molecule has 2 rings (SSSR count). The zero-order valence-electron chi connectivity index (χ0n) is 9.11. The third kappa shape index (κ3) is 3.38. The molecule has 0 radical (unpaired) electrons. The number of ether oxygens (including phenoxy) is 1. The Morgan fingerprint density at radius 3 is 2.87 bits per heavy atom. The fourth-order valence-electron chi connectivity index (χ4n) is 2.16. The monoisotopic (exact) mass is 229 g/mol. The predicted molar refractivity (Wildman–Crippen MR) is 62.1 cm³/mol. The highest BCUT2D eigenvalue weighted by Crippen LogP contribution is 2.25. The van der Waals surface area contributed by atoms with E-state index < -0.39 is 0 Å². The third-order valence-corrected chi connectivity index (χ3v) is 4.37. The number of morpholine rings is 1. The lowest BCUT2D eigenvalue weighted by Crippen LogP contribution is -2.41. The second-order valence-corrected chi connectivity index (χ2v) is 5.43. The summed E-state index contributed by atoms with van der Waals surface area (Å²) in [6, 6.07) is 0. The van der Waals surface area contributed by atoms with E-state index >= 15 is 0 Å². The van der Waals surface area contributed by atoms with Gasteiger partial charge in [0.05, 0.1) is 13.2 Å². The van der Waals surface area contributed by atoms with E-state index in [0.717, 1.165) is 19.5 Å². The van der Waals surface area contributed by atoms with Gasteiger partial charge in [-0.3, -0.25) is 4.79 Å². The first-order chi connectivity index (χ1) is 7.36. The largest absolute Gasteiger partial charge is 0.378 e. The van der Waals surface area contributed by atoms with Crippen molar-refractivity contribution in [1.82, 2.24) is 4.90 Å². The molecule has 0 aromatic heterocycles. The molecule has 15 heavy (non-hydrogen) atoms. The van der Waals surface area contributed by atoms with Gasteiger partial charge in [0.2, 0.25) is 5.91 Å². The molecule has 2 saturated heterocycles. The second-order valence-electron chi connectivity index (χ2n) is 4.28. The molecule has 1 amide bonds. The maximum Gasteiger partial charge on any atom is 0.223 e. The van der Waals surface area contributed by atoms with E-state index in [9.17, 15) is 4.79 Å². The van der Waals surface area contributed by atoms with E-state index in [1.54, 1.807) is 0 Å². The van der Waals surface area contributed by atoms with E-state index in [1.807, 2.05) is 16.7 Å². The maximum absolute atomic E-state index is 11.9. The van der Waals surface area contributed by atoms with Crippen LogP contribution >= 0.6 is 11.8 Å².